The zero-order chi connectivity index (χ0) is 12.4. The minimum absolute atomic E-state index is 0.401. The number of rotatable bonds is 4. The first-order valence-corrected chi connectivity index (χ1v) is 5.88. The van der Waals surface area contributed by atoms with Crippen LogP contribution in [0.4, 0.5) is 0 Å². The van der Waals surface area contributed by atoms with E-state index in [4.69, 9.17) is 16.3 Å². The van der Waals surface area contributed by atoms with Crippen LogP contribution in [0, 0.1) is 13.8 Å². The fourth-order valence-corrected chi connectivity index (χ4v) is 2.03. The van der Waals surface area contributed by atoms with E-state index in [0.717, 1.165) is 30.1 Å². The van der Waals surface area contributed by atoms with Crippen molar-refractivity contribution in [1.82, 2.24) is 19.6 Å². The summed E-state index contributed by atoms with van der Waals surface area (Å²) in [4.78, 5) is 4.23. The van der Waals surface area contributed by atoms with Gasteiger partial charge in [-0.05, 0) is 20.3 Å². The molecule has 0 aliphatic carbocycles. The van der Waals surface area contributed by atoms with Gasteiger partial charge in [0.25, 0.3) is 0 Å². The molecular formula is C11H15ClN4O. The Hall–Kier alpha value is -1.20. The minimum Gasteiger partial charge on any atom is -0.385 e. The number of aromatic nitrogens is 4. The Morgan fingerprint density at radius 1 is 1.29 bits per heavy atom. The summed E-state index contributed by atoms with van der Waals surface area (Å²) in [5, 5.41) is 8.64. The van der Waals surface area contributed by atoms with Crippen LogP contribution in [0.1, 0.15) is 23.6 Å². The third-order valence-electron chi connectivity index (χ3n) is 2.79. The number of ether oxygens (including phenoxy) is 1. The second kappa shape index (κ2) is 4.98. The zero-order valence-electron chi connectivity index (χ0n) is 10.2. The molecule has 2 rings (SSSR count). The SMILES string of the molecule is COCCCc1nnc2c(Cl)nc(C)c(C)n12. The van der Waals surface area contributed by atoms with Crippen LogP contribution in [-0.2, 0) is 11.2 Å². The van der Waals surface area contributed by atoms with Crippen LogP contribution in [0.15, 0.2) is 0 Å². The molecule has 5 nitrogen and oxygen atoms in total. The number of halogens is 1. The van der Waals surface area contributed by atoms with Crippen molar-refractivity contribution in [3.05, 3.63) is 22.4 Å². The van der Waals surface area contributed by atoms with E-state index in [9.17, 15) is 0 Å². The van der Waals surface area contributed by atoms with E-state index in [1.165, 1.54) is 0 Å². The topological polar surface area (TPSA) is 52.3 Å². The van der Waals surface area contributed by atoms with Gasteiger partial charge in [-0.2, -0.15) is 0 Å². The van der Waals surface area contributed by atoms with Gasteiger partial charge in [-0.25, -0.2) is 4.98 Å². The van der Waals surface area contributed by atoms with Crippen LogP contribution in [0.5, 0.6) is 0 Å². The van der Waals surface area contributed by atoms with Gasteiger partial charge in [0.15, 0.2) is 10.8 Å². The number of hydrogen-bond donors (Lipinski definition) is 0. The highest BCUT2D eigenvalue weighted by molar-refractivity contribution is 6.32. The molecule has 17 heavy (non-hydrogen) atoms. The second-order valence-corrected chi connectivity index (χ2v) is 4.30. The van der Waals surface area contributed by atoms with Crippen molar-refractivity contribution in [2.75, 3.05) is 13.7 Å². The Labute approximate surface area is 105 Å². The highest BCUT2D eigenvalue weighted by atomic mass is 35.5. The molecule has 0 saturated carbocycles. The number of methoxy groups -OCH3 is 1. The summed E-state index contributed by atoms with van der Waals surface area (Å²) in [5.74, 6) is 0.905. The van der Waals surface area contributed by atoms with E-state index in [0.29, 0.717) is 17.4 Å². The van der Waals surface area contributed by atoms with E-state index in [2.05, 4.69) is 15.2 Å². The minimum atomic E-state index is 0.401. The quantitative estimate of drug-likeness (QED) is 0.783. The van der Waals surface area contributed by atoms with Gasteiger partial charge >= 0.3 is 0 Å². The van der Waals surface area contributed by atoms with Crippen LogP contribution in [0.25, 0.3) is 5.65 Å². The van der Waals surface area contributed by atoms with Gasteiger partial charge in [0, 0.05) is 25.8 Å². The predicted octanol–water partition coefficient (Wildman–Crippen LogP) is 1.97. The number of aryl methyl sites for hydroxylation is 3. The molecule has 0 aliphatic rings. The first kappa shape index (κ1) is 12.3. The van der Waals surface area contributed by atoms with Crippen molar-refractivity contribution in [2.45, 2.75) is 26.7 Å². The molecule has 2 heterocycles. The number of fused-ring (bicyclic) bond motifs is 1. The lowest BCUT2D eigenvalue weighted by Crippen LogP contribution is -2.04. The lowest BCUT2D eigenvalue weighted by Gasteiger charge is -2.06. The van der Waals surface area contributed by atoms with E-state index in [-0.39, 0.29) is 0 Å². The summed E-state index contributed by atoms with van der Waals surface area (Å²) < 4.78 is 7.01. The van der Waals surface area contributed by atoms with Crippen molar-refractivity contribution >= 4 is 17.2 Å². The summed E-state index contributed by atoms with van der Waals surface area (Å²) in [6.07, 6.45) is 1.73. The van der Waals surface area contributed by atoms with Crippen LogP contribution >= 0.6 is 11.6 Å². The van der Waals surface area contributed by atoms with Crippen LogP contribution in [0.3, 0.4) is 0 Å². The molecule has 0 radical (unpaired) electrons. The van der Waals surface area contributed by atoms with Crippen LogP contribution in [0.2, 0.25) is 5.15 Å². The van der Waals surface area contributed by atoms with E-state index in [1.807, 2.05) is 18.2 Å². The van der Waals surface area contributed by atoms with Crippen molar-refractivity contribution < 1.29 is 4.74 Å². The maximum Gasteiger partial charge on any atom is 0.198 e. The highest BCUT2D eigenvalue weighted by Gasteiger charge is 2.13. The predicted molar refractivity (Wildman–Crippen MR) is 65.5 cm³/mol. The van der Waals surface area contributed by atoms with Crippen molar-refractivity contribution in [1.29, 1.82) is 0 Å². The maximum atomic E-state index is 6.05. The lowest BCUT2D eigenvalue weighted by atomic mass is 10.3. The Morgan fingerprint density at radius 3 is 2.76 bits per heavy atom. The molecule has 92 valence electrons. The molecule has 6 heteroatoms. The zero-order valence-corrected chi connectivity index (χ0v) is 11.0. The Morgan fingerprint density at radius 2 is 2.06 bits per heavy atom. The first-order chi connectivity index (χ1) is 8.15. The molecular weight excluding hydrogens is 240 g/mol. The molecule has 0 atom stereocenters. The van der Waals surface area contributed by atoms with Gasteiger partial charge in [0.1, 0.15) is 5.82 Å². The van der Waals surface area contributed by atoms with Crippen LogP contribution in [-0.4, -0.2) is 33.3 Å². The summed E-state index contributed by atoms with van der Waals surface area (Å²) in [5.41, 5.74) is 2.55. The maximum absolute atomic E-state index is 6.05. The Bertz CT molecular complexity index is 538. The molecule has 0 N–H and O–H groups in total. The smallest absolute Gasteiger partial charge is 0.198 e. The summed E-state index contributed by atoms with van der Waals surface area (Å²) >= 11 is 6.05. The fourth-order valence-electron chi connectivity index (χ4n) is 1.78. The van der Waals surface area contributed by atoms with Crippen molar-refractivity contribution in [3.63, 3.8) is 0 Å². The highest BCUT2D eigenvalue weighted by Crippen LogP contribution is 2.18. The molecule has 0 unspecified atom stereocenters. The average molecular weight is 255 g/mol. The molecule has 0 bridgehead atoms. The van der Waals surface area contributed by atoms with E-state index >= 15 is 0 Å². The second-order valence-electron chi connectivity index (χ2n) is 3.95. The standard InChI is InChI=1S/C11H15ClN4O/c1-7-8(2)16-9(5-4-6-17-3)14-15-11(16)10(12)13-7/h4-6H2,1-3H3. The normalized spacial score (nSPS) is 11.3. The summed E-state index contributed by atoms with van der Waals surface area (Å²) in [7, 11) is 1.69. The summed E-state index contributed by atoms with van der Waals surface area (Å²) in [6, 6.07) is 0. The molecule has 0 fully saturated rings. The van der Waals surface area contributed by atoms with Gasteiger partial charge < -0.3 is 4.74 Å². The third-order valence-corrected chi connectivity index (χ3v) is 3.04. The molecule has 0 saturated heterocycles. The van der Waals surface area contributed by atoms with Crippen LogP contribution < -0.4 is 0 Å². The van der Waals surface area contributed by atoms with Gasteiger partial charge in [0.2, 0.25) is 0 Å². The monoisotopic (exact) mass is 254 g/mol. The first-order valence-electron chi connectivity index (χ1n) is 5.50. The number of nitrogens with zero attached hydrogens (tertiary/aromatic N) is 4. The number of hydrogen-bond acceptors (Lipinski definition) is 4. The lowest BCUT2D eigenvalue weighted by molar-refractivity contribution is 0.194. The van der Waals surface area contributed by atoms with Gasteiger partial charge in [-0.3, -0.25) is 4.40 Å². The van der Waals surface area contributed by atoms with E-state index < -0.39 is 0 Å². The molecule has 0 amide bonds. The van der Waals surface area contributed by atoms with Gasteiger partial charge in [0.05, 0.1) is 5.69 Å². The molecule has 2 aromatic heterocycles. The van der Waals surface area contributed by atoms with Crippen molar-refractivity contribution in [2.24, 2.45) is 0 Å². The molecule has 2 aromatic rings. The molecule has 0 spiro atoms. The average Bonchev–Trinajstić information content (AvgIpc) is 2.71. The third kappa shape index (κ3) is 2.25. The van der Waals surface area contributed by atoms with E-state index in [1.54, 1.807) is 7.11 Å². The van der Waals surface area contributed by atoms with Gasteiger partial charge in [-0.15, -0.1) is 10.2 Å². The van der Waals surface area contributed by atoms with Gasteiger partial charge in [-0.1, -0.05) is 11.6 Å². The molecule has 0 aliphatic heterocycles. The summed E-state index contributed by atoms with van der Waals surface area (Å²) in [6.45, 7) is 4.64. The molecule has 0 aromatic carbocycles. The Balaban J connectivity index is 2.44. The fraction of sp³-hybridized carbons (Fsp3) is 0.545. The van der Waals surface area contributed by atoms with Crippen molar-refractivity contribution in [3.8, 4) is 0 Å². The largest absolute Gasteiger partial charge is 0.385 e. The Kier molecular flexibility index (Phi) is 3.59.